The first kappa shape index (κ1) is 12.6. The standard InChI is InChI=1S/C15H11N5O2/c1-7-11-12(20-19-7)18-13(21)9(6-16)15(11)8-4-2-3-5-10(8)17-14(15)22/h2-5,9H,1H3,(H,17,22)(H2,18,19,20,21)/t9-,15+/m1/s1. The number of carbonyl (C=O) groups is 2. The number of aromatic nitrogens is 2. The number of nitrogens with one attached hydrogen (secondary N) is 3. The average molecular weight is 293 g/mol. The first-order valence-electron chi connectivity index (χ1n) is 6.77. The van der Waals surface area contributed by atoms with Gasteiger partial charge in [0.15, 0.2) is 5.82 Å². The van der Waals surface area contributed by atoms with Gasteiger partial charge in [-0.15, -0.1) is 0 Å². The van der Waals surface area contributed by atoms with Gasteiger partial charge in [-0.25, -0.2) is 0 Å². The molecule has 0 fully saturated rings. The van der Waals surface area contributed by atoms with Crippen LogP contribution in [0.1, 0.15) is 16.8 Å². The van der Waals surface area contributed by atoms with Gasteiger partial charge in [0.05, 0.1) is 6.07 Å². The van der Waals surface area contributed by atoms with E-state index in [1.807, 2.05) is 6.07 Å². The summed E-state index contributed by atoms with van der Waals surface area (Å²) in [6, 6.07) is 9.12. The van der Waals surface area contributed by atoms with Gasteiger partial charge in [-0.2, -0.15) is 10.4 Å². The summed E-state index contributed by atoms with van der Waals surface area (Å²) in [5.74, 6) is -1.74. The number of hydrogen-bond donors (Lipinski definition) is 3. The second-order valence-corrected chi connectivity index (χ2v) is 5.43. The Hall–Kier alpha value is -3.14. The molecule has 0 aliphatic carbocycles. The van der Waals surface area contributed by atoms with Gasteiger partial charge in [0, 0.05) is 16.9 Å². The van der Waals surface area contributed by atoms with Crippen molar-refractivity contribution in [3.63, 3.8) is 0 Å². The number of nitriles is 1. The van der Waals surface area contributed by atoms with Crippen molar-refractivity contribution in [3.05, 3.63) is 41.1 Å². The summed E-state index contributed by atoms with van der Waals surface area (Å²) in [5.41, 5.74) is 1.10. The van der Waals surface area contributed by atoms with E-state index in [4.69, 9.17) is 0 Å². The predicted molar refractivity (Wildman–Crippen MR) is 76.9 cm³/mol. The van der Waals surface area contributed by atoms with E-state index in [0.29, 0.717) is 28.3 Å². The van der Waals surface area contributed by atoms with E-state index < -0.39 is 17.2 Å². The van der Waals surface area contributed by atoms with Crippen LogP contribution in [-0.2, 0) is 15.0 Å². The lowest BCUT2D eigenvalue weighted by Crippen LogP contribution is -2.51. The van der Waals surface area contributed by atoms with E-state index in [2.05, 4.69) is 20.8 Å². The minimum Gasteiger partial charge on any atom is -0.325 e. The molecule has 0 radical (unpaired) electrons. The van der Waals surface area contributed by atoms with Crippen LogP contribution in [0.2, 0.25) is 0 Å². The Morgan fingerprint density at radius 2 is 2.05 bits per heavy atom. The largest absolute Gasteiger partial charge is 0.325 e. The molecule has 0 saturated heterocycles. The zero-order valence-corrected chi connectivity index (χ0v) is 11.6. The molecule has 2 aromatic rings. The van der Waals surface area contributed by atoms with Crippen molar-refractivity contribution in [2.75, 3.05) is 10.6 Å². The molecule has 108 valence electrons. The predicted octanol–water partition coefficient (Wildman–Crippen LogP) is 1.05. The van der Waals surface area contributed by atoms with Crippen molar-refractivity contribution in [3.8, 4) is 6.07 Å². The van der Waals surface area contributed by atoms with Gasteiger partial charge < -0.3 is 10.6 Å². The number of hydrogen-bond acceptors (Lipinski definition) is 4. The Bertz CT molecular complexity index is 878. The molecule has 4 rings (SSSR count). The third-order valence-electron chi connectivity index (χ3n) is 4.37. The molecule has 0 unspecified atom stereocenters. The number of aromatic amines is 1. The fourth-order valence-corrected chi connectivity index (χ4v) is 3.50. The first-order valence-corrected chi connectivity index (χ1v) is 6.77. The van der Waals surface area contributed by atoms with Crippen molar-refractivity contribution < 1.29 is 9.59 Å². The molecule has 22 heavy (non-hydrogen) atoms. The van der Waals surface area contributed by atoms with Gasteiger partial charge in [-0.3, -0.25) is 14.7 Å². The molecule has 1 spiro atoms. The van der Waals surface area contributed by atoms with Gasteiger partial charge in [-0.1, -0.05) is 18.2 Å². The van der Waals surface area contributed by atoms with Crippen LogP contribution in [0.15, 0.2) is 24.3 Å². The van der Waals surface area contributed by atoms with Crippen LogP contribution in [0, 0.1) is 24.2 Å². The smallest absolute Gasteiger partial charge is 0.244 e. The molecule has 0 saturated carbocycles. The fraction of sp³-hybridized carbons (Fsp3) is 0.200. The lowest BCUT2D eigenvalue weighted by Gasteiger charge is -2.35. The summed E-state index contributed by atoms with van der Waals surface area (Å²) in [5, 5.41) is 21.8. The van der Waals surface area contributed by atoms with Crippen LogP contribution in [0.5, 0.6) is 0 Å². The van der Waals surface area contributed by atoms with Gasteiger partial charge in [0.25, 0.3) is 0 Å². The van der Waals surface area contributed by atoms with Gasteiger partial charge >= 0.3 is 0 Å². The van der Waals surface area contributed by atoms with E-state index in [-0.39, 0.29) is 5.91 Å². The lowest BCUT2D eigenvalue weighted by atomic mass is 9.64. The molecule has 7 heteroatoms. The minimum absolute atomic E-state index is 0.306. The molecule has 3 N–H and O–H groups in total. The molecule has 2 amide bonds. The highest BCUT2D eigenvalue weighted by atomic mass is 16.2. The summed E-state index contributed by atoms with van der Waals surface area (Å²) < 4.78 is 0. The van der Waals surface area contributed by atoms with Crippen molar-refractivity contribution in [1.29, 1.82) is 5.26 Å². The van der Waals surface area contributed by atoms with Crippen LogP contribution < -0.4 is 10.6 Å². The number of aryl methyl sites for hydroxylation is 1. The van der Waals surface area contributed by atoms with E-state index in [1.54, 1.807) is 31.2 Å². The molecule has 1 aromatic heterocycles. The topological polar surface area (TPSA) is 111 Å². The van der Waals surface area contributed by atoms with Crippen LogP contribution in [-0.4, -0.2) is 22.0 Å². The highest BCUT2D eigenvalue weighted by molar-refractivity contribution is 6.16. The third kappa shape index (κ3) is 1.22. The van der Waals surface area contributed by atoms with Crippen molar-refractivity contribution in [2.24, 2.45) is 5.92 Å². The summed E-state index contributed by atoms with van der Waals surface area (Å²) in [7, 11) is 0. The number of para-hydroxylation sites is 1. The summed E-state index contributed by atoms with van der Waals surface area (Å²) in [6.45, 7) is 1.77. The number of nitrogens with zero attached hydrogens (tertiary/aromatic N) is 2. The molecular formula is C15H11N5O2. The molecule has 2 atom stereocenters. The number of rotatable bonds is 0. The second-order valence-electron chi connectivity index (χ2n) is 5.43. The van der Waals surface area contributed by atoms with Gasteiger partial charge in [-0.05, 0) is 18.6 Å². The highest BCUT2D eigenvalue weighted by Crippen LogP contribution is 2.52. The number of amides is 2. The third-order valence-corrected chi connectivity index (χ3v) is 4.37. The Morgan fingerprint density at radius 1 is 1.27 bits per heavy atom. The zero-order chi connectivity index (χ0) is 15.5. The first-order chi connectivity index (χ1) is 10.6. The molecule has 7 nitrogen and oxygen atoms in total. The van der Waals surface area contributed by atoms with Crippen molar-refractivity contribution in [1.82, 2.24) is 10.2 Å². The molecule has 0 bridgehead atoms. The second kappa shape index (κ2) is 3.95. The Kier molecular flexibility index (Phi) is 2.26. The van der Waals surface area contributed by atoms with Crippen molar-refractivity contribution >= 4 is 23.3 Å². The Morgan fingerprint density at radius 3 is 2.82 bits per heavy atom. The van der Waals surface area contributed by atoms with E-state index in [0.717, 1.165) is 0 Å². The maximum absolute atomic E-state index is 12.9. The summed E-state index contributed by atoms with van der Waals surface area (Å²) in [4.78, 5) is 25.2. The summed E-state index contributed by atoms with van der Waals surface area (Å²) >= 11 is 0. The maximum atomic E-state index is 12.9. The van der Waals surface area contributed by atoms with Crippen LogP contribution in [0.4, 0.5) is 11.5 Å². The quantitative estimate of drug-likeness (QED) is 0.674. The van der Waals surface area contributed by atoms with E-state index in [9.17, 15) is 14.9 Å². The lowest BCUT2D eigenvalue weighted by molar-refractivity contribution is -0.127. The highest BCUT2D eigenvalue weighted by Gasteiger charge is 2.61. The Labute approximate surface area is 125 Å². The average Bonchev–Trinajstić information content (AvgIpc) is 3.00. The number of anilines is 2. The van der Waals surface area contributed by atoms with Crippen molar-refractivity contribution in [2.45, 2.75) is 12.3 Å². The molecule has 1 aromatic carbocycles. The van der Waals surface area contributed by atoms with Crippen LogP contribution >= 0.6 is 0 Å². The van der Waals surface area contributed by atoms with Crippen LogP contribution in [0.25, 0.3) is 0 Å². The van der Waals surface area contributed by atoms with Crippen LogP contribution in [0.3, 0.4) is 0 Å². The zero-order valence-electron chi connectivity index (χ0n) is 11.6. The molecular weight excluding hydrogens is 282 g/mol. The van der Waals surface area contributed by atoms with E-state index in [1.165, 1.54) is 0 Å². The van der Waals surface area contributed by atoms with Gasteiger partial charge in [0.1, 0.15) is 11.3 Å². The molecule has 2 aliphatic rings. The SMILES string of the molecule is Cc1[nH]nc2c1[C@@]1(C(=O)Nc3ccccc31)[C@H](C#N)C(=O)N2. The van der Waals surface area contributed by atoms with Gasteiger partial charge in [0.2, 0.25) is 11.8 Å². The number of fused-ring (bicyclic) bond motifs is 4. The monoisotopic (exact) mass is 293 g/mol. The number of H-pyrrole nitrogens is 1. The summed E-state index contributed by atoms with van der Waals surface area (Å²) in [6.07, 6.45) is 0. The maximum Gasteiger partial charge on any atom is 0.244 e. The Balaban J connectivity index is 2.15. The molecule has 2 aliphatic heterocycles. The minimum atomic E-state index is -1.36. The normalized spacial score (nSPS) is 25.2. The number of benzene rings is 1. The van der Waals surface area contributed by atoms with E-state index >= 15 is 0 Å². The fourth-order valence-electron chi connectivity index (χ4n) is 3.50. The number of carbonyl (C=O) groups excluding carboxylic acids is 2. The molecule has 3 heterocycles.